The fourth-order valence-corrected chi connectivity index (χ4v) is 2.69. The van der Waals surface area contributed by atoms with Gasteiger partial charge in [-0.3, -0.25) is 14.2 Å². The molecular weight excluding hydrogens is 359 g/mol. The van der Waals surface area contributed by atoms with Gasteiger partial charge in [0.1, 0.15) is 12.2 Å². The Balaban J connectivity index is 1.66. The summed E-state index contributed by atoms with van der Waals surface area (Å²) in [6.07, 6.45) is -2.88. The normalized spacial score (nSPS) is 11.6. The summed E-state index contributed by atoms with van der Waals surface area (Å²) in [5.41, 5.74) is 1.44. The van der Waals surface area contributed by atoms with E-state index in [0.717, 1.165) is 17.2 Å². The number of carbonyl (C=O) groups is 1. The summed E-state index contributed by atoms with van der Waals surface area (Å²) in [6.45, 7) is 3.41. The molecule has 0 saturated carbocycles. The van der Waals surface area contributed by atoms with E-state index in [1.807, 2.05) is 31.2 Å². The van der Waals surface area contributed by atoms with Crippen LogP contribution in [0.25, 0.3) is 0 Å². The standard InChI is InChI=1S/C18H18F3N5O/c1-12-5-3-4-6-14(12)10-25-8-7-16(24-25)22-17(27)11-26-15(18(19,20)21)9-13(2)23-26/h3-9H,10-11H2,1-2H3,(H,22,24,27). The highest BCUT2D eigenvalue weighted by molar-refractivity contribution is 5.89. The van der Waals surface area contributed by atoms with Crippen LogP contribution < -0.4 is 5.32 Å². The van der Waals surface area contributed by atoms with Crippen LogP contribution in [-0.4, -0.2) is 25.5 Å². The summed E-state index contributed by atoms with van der Waals surface area (Å²) in [5.74, 6) is -0.365. The fourth-order valence-electron chi connectivity index (χ4n) is 2.69. The number of nitrogens with zero attached hydrogens (tertiary/aromatic N) is 4. The van der Waals surface area contributed by atoms with Crippen molar-refractivity contribution >= 4 is 11.7 Å². The minimum Gasteiger partial charge on any atom is -0.308 e. The molecule has 2 aromatic heterocycles. The van der Waals surface area contributed by atoms with Crippen LogP contribution in [0.15, 0.2) is 42.6 Å². The Morgan fingerprint density at radius 3 is 2.59 bits per heavy atom. The van der Waals surface area contributed by atoms with Gasteiger partial charge in [0.2, 0.25) is 5.91 Å². The number of carbonyl (C=O) groups excluding carboxylic acids is 1. The number of rotatable bonds is 5. The van der Waals surface area contributed by atoms with Gasteiger partial charge in [0.25, 0.3) is 0 Å². The minimum atomic E-state index is -4.57. The molecule has 0 unspecified atom stereocenters. The summed E-state index contributed by atoms with van der Waals surface area (Å²) in [7, 11) is 0. The van der Waals surface area contributed by atoms with Gasteiger partial charge in [-0.2, -0.15) is 23.4 Å². The summed E-state index contributed by atoms with van der Waals surface area (Å²) in [6, 6.07) is 10.3. The molecule has 1 aromatic carbocycles. The molecule has 0 radical (unpaired) electrons. The average Bonchev–Trinajstić information content (AvgIpc) is 3.15. The van der Waals surface area contributed by atoms with E-state index in [1.54, 1.807) is 16.9 Å². The first-order chi connectivity index (χ1) is 12.7. The first kappa shape index (κ1) is 18.7. The molecular formula is C18H18F3N5O. The van der Waals surface area contributed by atoms with Gasteiger partial charge in [-0.1, -0.05) is 24.3 Å². The van der Waals surface area contributed by atoms with Crippen LogP contribution in [0, 0.1) is 13.8 Å². The zero-order valence-electron chi connectivity index (χ0n) is 14.8. The van der Waals surface area contributed by atoms with Gasteiger partial charge in [0, 0.05) is 12.3 Å². The van der Waals surface area contributed by atoms with Crippen molar-refractivity contribution < 1.29 is 18.0 Å². The monoisotopic (exact) mass is 377 g/mol. The Morgan fingerprint density at radius 1 is 1.15 bits per heavy atom. The molecule has 3 rings (SSSR count). The molecule has 3 aromatic rings. The van der Waals surface area contributed by atoms with E-state index in [2.05, 4.69) is 15.5 Å². The van der Waals surface area contributed by atoms with Crippen molar-refractivity contribution in [2.45, 2.75) is 33.1 Å². The number of amides is 1. The average molecular weight is 377 g/mol. The molecule has 0 aliphatic rings. The number of aromatic nitrogens is 4. The number of hydrogen-bond donors (Lipinski definition) is 1. The Labute approximate surface area is 153 Å². The fraction of sp³-hybridized carbons (Fsp3) is 0.278. The van der Waals surface area contributed by atoms with E-state index in [4.69, 9.17) is 0 Å². The molecule has 1 amide bonds. The van der Waals surface area contributed by atoms with Gasteiger partial charge in [-0.25, -0.2) is 0 Å². The Morgan fingerprint density at radius 2 is 1.89 bits per heavy atom. The van der Waals surface area contributed by atoms with Crippen LogP contribution in [0.1, 0.15) is 22.5 Å². The summed E-state index contributed by atoms with van der Waals surface area (Å²) in [5, 5.41) is 10.5. The van der Waals surface area contributed by atoms with Crippen molar-refractivity contribution in [1.29, 1.82) is 0 Å². The maximum absolute atomic E-state index is 13.0. The van der Waals surface area contributed by atoms with Crippen LogP contribution in [0.5, 0.6) is 0 Å². The second kappa shape index (κ2) is 7.26. The third kappa shape index (κ3) is 4.55. The molecule has 27 heavy (non-hydrogen) atoms. The van der Waals surface area contributed by atoms with E-state index in [0.29, 0.717) is 11.2 Å². The summed E-state index contributed by atoms with van der Waals surface area (Å²) < 4.78 is 41.2. The number of halogens is 3. The van der Waals surface area contributed by atoms with Crippen molar-refractivity contribution in [3.8, 4) is 0 Å². The highest BCUT2D eigenvalue weighted by Gasteiger charge is 2.35. The van der Waals surface area contributed by atoms with Crippen LogP contribution >= 0.6 is 0 Å². The lowest BCUT2D eigenvalue weighted by Crippen LogP contribution is -2.24. The molecule has 0 aliphatic heterocycles. The van der Waals surface area contributed by atoms with Gasteiger partial charge in [0.05, 0.1) is 12.2 Å². The summed E-state index contributed by atoms with van der Waals surface area (Å²) >= 11 is 0. The molecule has 1 N–H and O–H groups in total. The second-order valence-corrected chi connectivity index (χ2v) is 6.20. The second-order valence-electron chi connectivity index (χ2n) is 6.20. The molecule has 0 bridgehead atoms. The van der Waals surface area contributed by atoms with Crippen LogP contribution in [-0.2, 0) is 24.1 Å². The molecule has 6 nitrogen and oxygen atoms in total. The molecule has 0 atom stereocenters. The van der Waals surface area contributed by atoms with Crippen molar-refractivity contribution in [2.24, 2.45) is 0 Å². The van der Waals surface area contributed by atoms with E-state index >= 15 is 0 Å². The zero-order chi connectivity index (χ0) is 19.6. The molecule has 0 spiro atoms. The highest BCUT2D eigenvalue weighted by Crippen LogP contribution is 2.29. The van der Waals surface area contributed by atoms with E-state index in [-0.39, 0.29) is 11.5 Å². The predicted molar refractivity (Wildman–Crippen MR) is 93.1 cm³/mol. The quantitative estimate of drug-likeness (QED) is 0.741. The topological polar surface area (TPSA) is 64.7 Å². The van der Waals surface area contributed by atoms with Crippen LogP contribution in [0.2, 0.25) is 0 Å². The highest BCUT2D eigenvalue weighted by atomic mass is 19.4. The summed E-state index contributed by atoms with van der Waals surface area (Å²) in [4.78, 5) is 12.1. The van der Waals surface area contributed by atoms with Crippen molar-refractivity contribution in [1.82, 2.24) is 19.6 Å². The lowest BCUT2D eigenvalue weighted by Gasteiger charge is -2.09. The van der Waals surface area contributed by atoms with Crippen molar-refractivity contribution in [2.75, 3.05) is 5.32 Å². The predicted octanol–water partition coefficient (Wildman–Crippen LogP) is 3.40. The van der Waals surface area contributed by atoms with E-state index < -0.39 is 24.3 Å². The first-order valence-corrected chi connectivity index (χ1v) is 8.22. The lowest BCUT2D eigenvalue weighted by atomic mass is 10.1. The van der Waals surface area contributed by atoms with Gasteiger partial charge in [-0.05, 0) is 31.0 Å². The maximum Gasteiger partial charge on any atom is 0.433 e. The third-order valence-corrected chi connectivity index (χ3v) is 3.99. The van der Waals surface area contributed by atoms with Crippen molar-refractivity contribution in [3.63, 3.8) is 0 Å². The van der Waals surface area contributed by atoms with Gasteiger partial charge < -0.3 is 5.32 Å². The molecule has 0 aliphatic carbocycles. The third-order valence-electron chi connectivity index (χ3n) is 3.99. The van der Waals surface area contributed by atoms with E-state index in [9.17, 15) is 18.0 Å². The Hall–Kier alpha value is -3.10. The molecule has 2 heterocycles. The van der Waals surface area contributed by atoms with Gasteiger partial charge in [-0.15, -0.1) is 0 Å². The molecule has 9 heteroatoms. The number of anilines is 1. The van der Waals surface area contributed by atoms with Crippen LogP contribution in [0.4, 0.5) is 19.0 Å². The Bertz CT molecular complexity index is 958. The van der Waals surface area contributed by atoms with Crippen molar-refractivity contribution in [3.05, 3.63) is 65.1 Å². The number of nitrogens with one attached hydrogen (secondary N) is 1. The maximum atomic E-state index is 13.0. The zero-order valence-corrected chi connectivity index (χ0v) is 14.8. The van der Waals surface area contributed by atoms with Crippen LogP contribution in [0.3, 0.4) is 0 Å². The number of hydrogen-bond acceptors (Lipinski definition) is 3. The lowest BCUT2D eigenvalue weighted by molar-refractivity contribution is -0.144. The molecule has 0 saturated heterocycles. The number of aryl methyl sites for hydroxylation is 2. The molecule has 0 fully saturated rings. The smallest absolute Gasteiger partial charge is 0.308 e. The Kier molecular flexibility index (Phi) is 5.02. The largest absolute Gasteiger partial charge is 0.433 e. The molecule has 142 valence electrons. The SMILES string of the molecule is Cc1cc(C(F)(F)F)n(CC(=O)Nc2ccn(Cc3ccccc3C)n2)n1. The number of benzene rings is 1. The first-order valence-electron chi connectivity index (χ1n) is 8.22. The van der Waals surface area contributed by atoms with Gasteiger partial charge in [0.15, 0.2) is 5.82 Å². The number of alkyl halides is 3. The van der Waals surface area contributed by atoms with Gasteiger partial charge >= 0.3 is 6.18 Å². The van der Waals surface area contributed by atoms with E-state index in [1.165, 1.54) is 6.92 Å². The minimum absolute atomic E-state index is 0.192.